The monoisotopic (exact) mass is 366 g/mol. The lowest BCUT2D eigenvalue weighted by Crippen LogP contribution is -2.38. The molecule has 0 aliphatic carbocycles. The van der Waals surface area contributed by atoms with E-state index in [1.165, 1.54) is 6.33 Å². The molecule has 2 aromatic rings. The summed E-state index contributed by atoms with van der Waals surface area (Å²) in [5.74, 6) is 0.659. The fraction of sp³-hybridized carbons (Fsp3) is 0.667. The van der Waals surface area contributed by atoms with Crippen LogP contribution in [0.4, 0.5) is 11.8 Å². The van der Waals surface area contributed by atoms with Gasteiger partial charge in [0.2, 0.25) is 5.95 Å². The van der Waals surface area contributed by atoms with Gasteiger partial charge in [0.05, 0.1) is 0 Å². The van der Waals surface area contributed by atoms with Crippen LogP contribution in [-0.2, 0) is 4.74 Å². The number of aliphatic hydroxyl groups excluding tert-OH is 2. The van der Waals surface area contributed by atoms with Crippen LogP contribution in [0.25, 0.3) is 11.2 Å². The third-order valence-corrected chi connectivity index (χ3v) is 4.45. The molecule has 4 atom stereocenters. The summed E-state index contributed by atoms with van der Waals surface area (Å²) in [6.45, 7) is 2.12. The molecule has 0 radical (unpaired) electrons. The third kappa shape index (κ3) is 3.44. The van der Waals surface area contributed by atoms with Crippen LogP contribution in [-0.4, -0.2) is 81.8 Å². The Morgan fingerprint density at radius 2 is 2.04 bits per heavy atom. The van der Waals surface area contributed by atoms with Gasteiger partial charge in [-0.05, 0) is 26.6 Å². The Kier molecular flexibility index (Phi) is 5.84. The van der Waals surface area contributed by atoms with Crippen molar-refractivity contribution in [1.29, 1.82) is 0 Å². The Balaban J connectivity index is 1.79. The van der Waals surface area contributed by atoms with Crippen molar-refractivity contribution in [2.45, 2.75) is 31.0 Å². The highest BCUT2D eigenvalue weighted by atomic mass is 16.6. The fourth-order valence-electron chi connectivity index (χ4n) is 3.09. The van der Waals surface area contributed by atoms with Crippen molar-refractivity contribution < 1.29 is 14.9 Å². The number of anilines is 2. The molecule has 3 rings (SSSR count). The Labute approximate surface area is 151 Å². The van der Waals surface area contributed by atoms with E-state index < -0.39 is 24.5 Å². The van der Waals surface area contributed by atoms with Gasteiger partial charge in [-0.2, -0.15) is 0 Å². The molecule has 1 aliphatic rings. The van der Waals surface area contributed by atoms with Crippen LogP contribution in [0.5, 0.6) is 0 Å². The molecule has 0 aromatic carbocycles. The van der Waals surface area contributed by atoms with Crippen LogP contribution in [0, 0.1) is 0 Å². The van der Waals surface area contributed by atoms with Gasteiger partial charge in [0.25, 0.3) is 0 Å². The van der Waals surface area contributed by atoms with E-state index in [0.29, 0.717) is 23.7 Å². The van der Waals surface area contributed by atoms with Gasteiger partial charge in [0.1, 0.15) is 24.6 Å². The summed E-state index contributed by atoms with van der Waals surface area (Å²) in [6, 6.07) is 0. The molecule has 0 bridgehead atoms. The number of nitrogens with two attached hydrogens (primary N) is 1. The second-order valence-corrected chi connectivity index (χ2v) is 6.19. The molecular formula is C15H26N8O3. The molecule has 0 unspecified atom stereocenters. The highest BCUT2D eigenvalue weighted by molar-refractivity contribution is 5.84. The first-order valence-electron chi connectivity index (χ1n) is 8.61. The average Bonchev–Trinajstić information content (AvgIpc) is 3.14. The molecule has 0 spiro atoms. The SMILES string of the molecule is CNCCCNC[C@H]1O[C@@H](n2c(NC)nc3c(N)ncnc32)[C@H](O)[C@@H]1O. The smallest absolute Gasteiger partial charge is 0.207 e. The number of fused-ring (bicyclic) bond motifs is 1. The van der Waals surface area contributed by atoms with E-state index in [4.69, 9.17) is 10.5 Å². The van der Waals surface area contributed by atoms with Gasteiger partial charge in [0, 0.05) is 13.6 Å². The molecular weight excluding hydrogens is 340 g/mol. The second kappa shape index (κ2) is 8.10. The van der Waals surface area contributed by atoms with Crippen molar-refractivity contribution >= 4 is 22.9 Å². The summed E-state index contributed by atoms with van der Waals surface area (Å²) in [6.07, 6.45) is -1.26. The quantitative estimate of drug-likeness (QED) is 0.297. The van der Waals surface area contributed by atoms with Gasteiger partial charge in [-0.15, -0.1) is 0 Å². The highest BCUT2D eigenvalue weighted by Crippen LogP contribution is 2.34. The minimum Gasteiger partial charge on any atom is -0.387 e. The Bertz CT molecular complexity index is 739. The third-order valence-electron chi connectivity index (χ3n) is 4.45. The number of aromatic nitrogens is 4. The van der Waals surface area contributed by atoms with Crippen LogP contribution >= 0.6 is 0 Å². The van der Waals surface area contributed by atoms with Gasteiger partial charge in [-0.3, -0.25) is 4.57 Å². The van der Waals surface area contributed by atoms with Gasteiger partial charge in [-0.25, -0.2) is 15.0 Å². The fourth-order valence-corrected chi connectivity index (χ4v) is 3.09. The number of aliphatic hydroxyl groups is 2. The van der Waals surface area contributed by atoms with Crippen molar-refractivity contribution in [3.8, 4) is 0 Å². The summed E-state index contributed by atoms with van der Waals surface area (Å²) in [7, 11) is 3.59. The van der Waals surface area contributed by atoms with Gasteiger partial charge < -0.3 is 36.6 Å². The van der Waals surface area contributed by atoms with Crippen molar-refractivity contribution in [2.75, 3.05) is 44.8 Å². The van der Waals surface area contributed by atoms with Crippen molar-refractivity contribution in [2.24, 2.45) is 0 Å². The topological polar surface area (TPSA) is 155 Å². The number of hydrogen-bond donors (Lipinski definition) is 6. The highest BCUT2D eigenvalue weighted by Gasteiger charge is 2.45. The summed E-state index contributed by atoms with van der Waals surface area (Å²) >= 11 is 0. The zero-order chi connectivity index (χ0) is 18.7. The molecule has 26 heavy (non-hydrogen) atoms. The first-order valence-corrected chi connectivity index (χ1v) is 8.61. The van der Waals surface area contributed by atoms with Gasteiger partial charge >= 0.3 is 0 Å². The molecule has 1 saturated heterocycles. The number of ether oxygens (including phenoxy) is 1. The number of nitrogen functional groups attached to an aromatic ring is 1. The number of nitrogens with zero attached hydrogens (tertiary/aromatic N) is 4. The molecule has 1 fully saturated rings. The molecule has 0 saturated carbocycles. The Morgan fingerprint density at radius 3 is 2.77 bits per heavy atom. The minimum atomic E-state index is -1.13. The number of nitrogens with one attached hydrogen (secondary N) is 3. The number of hydrogen-bond acceptors (Lipinski definition) is 10. The van der Waals surface area contributed by atoms with Gasteiger partial charge in [0.15, 0.2) is 23.2 Å². The maximum atomic E-state index is 10.5. The molecule has 0 amide bonds. The normalized spacial score (nSPS) is 25.8. The van der Waals surface area contributed by atoms with E-state index in [1.807, 2.05) is 7.05 Å². The van der Waals surface area contributed by atoms with Crippen LogP contribution in [0.2, 0.25) is 0 Å². The van der Waals surface area contributed by atoms with E-state index in [2.05, 4.69) is 30.9 Å². The standard InChI is InChI=1S/C15H26N8O3/c1-17-4-3-5-19-6-8-10(24)11(25)14(26-8)23-13-9(22-15(23)18-2)12(16)20-7-21-13/h7-8,10-11,14,17,19,24-25H,3-6H2,1-2H3,(H,18,22)(H2,16,20,21)/t8-,10-,11-,14-/m1/s1. The predicted molar refractivity (Wildman–Crippen MR) is 96.6 cm³/mol. The summed E-state index contributed by atoms with van der Waals surface area (Å²) in [5.41, 5.74) is 6.71. The molecule has 11 heteroatoms. The maximum absolute atomic E-state index is 10.5. The number of imidazole rings is 1. The second-order valence-electron chi connectivity index (χ2n) is 6.19. The Morgan fingerprint density at radius 1 is 1.23 bits per heavy atom. The van der Waals surface area contributed by atoms with Crippen LogP contribution in [0.1, 0.15) is 12.6 Å². The lowest BCUT2D eigenvalue weighted by atomic mass is 10.1. The molecule has 2 aromatic heterocycles. The molecule has 1 aliphatic heterocycles. The van der Waals surface area contributed by atoms with Gasteiger partial charge in [-0.1, -0.05) is 0 Å². The van der Waals surface area contributed by atoms with Crippen molar-refractivity contribution in [3.05, 3.63) is 6.33 Å². The first-order chi connectivity index (χ1) is 12.6. The average molecular weight is 366 g/mol. The van der Waals surface area contributed by atoms with E-state index in [0.717, 1.165) is 19.5 Å². The summed E-state index contributed by atoms with van der Waals surface area (Å²) in [5, 5.41) is 30.1. The maximum Gasteiger partial charge on any atom is 0.207 e. The van der Waals surface area contributed by atoms with Crippen LogP contribution < -0.4 is 21.7 Å². The molecule has 144 valence electrons. The molecule has 11 nitrogen and oxygen atoms in total. The molecule has 3 heterocycles. The van der Waals surface area contributed by atoms with E-state index in [9.17, 15) is 10.2 Å². The zero-order valence-corrected chi connectivity index (χ0v) is 14.9. The first kappa shape index (κ1) is 18.7. The lowest BCUT2D eigenvalue weighted by molar-refractivity contribution is -0.0328. The van der Waals surface area contributed by atoms with E-state index in [1.54, 1.807) is 11.6 Å². The van der Waals surface area contributed by atoms with E-state index in [-0.39, 0.29) is 5.82 Å². The lowest BCUT2D eigenvalue weighted by Gasteiger charge is -2.19. The molecule has 7 N–H and O–H groups in total. The largest absolute Gasteiger partial charge is 0.387 e. The zero-order valence-electron chi connectivity index (χ0n) is 14.9. The van der Waals surface area contributed by atoms with E-state index >= 15 is 0 Å². The summed E-state index contributed by atoms with van der Waals surface area (Å²) < 4.78 is 7.53. The van der Waals surface area contributed by atoms with Crippen LogP contribution in [0.3, 0.4) is 0 Å². The predicted octanol–water partition coefficient (Wildman–Crippen LogP) is -1.73. The minimum absolute atomic E-state index is 0.237. The Hall–Kier alpha value is -2.05. The summed E-state index contributed by atoms with van der Waals surface area (Å²) in [4.78, 5) is 12.5. The number of rotatable bonds is 8. The van der Waals surface area contributed by atoms with Crippen molar-refractivity contribution in [1.82, 2.24) is 30.2 Å². The van der Waals surface area contributed by atoms with Crippen LogP contribution in [0.15, 0.2) is 6.33 Å². The van der Waals surface area contributed by atoms with Crippen molar-refractivity contribution in [3.63, 3.8) is 0 Å².